The quantitative estimate of drug-likeness (QED) is 0.149. The Morgan fingerprint density at radius 1 is 0.800 bits per heavy atom. The average Bonchev–Trinajstić information content (AvgIpc) is 3.17. The summed E-state index contributed by atoms with van der Waals surface area (Å²) in [6, 6.07) is 28.1. The number of carbonyl (C=O) groups is 2. The molecule has 50 heavy (non-hydrogen) atoms. The van der Waals surface area contributed by atoms with E-state index in [9.17, 15) is 9.59 Å². The fourth-order valence-corrected chi connectivity index (χ4v) is 7.55. The molecule has 7 heteroatoms. The van der Waals surface area contributed by atoms with Crippen molar-refractivity contribution >= 4 is 11.8 Å². The maximum Gasteiger partial charge on any atom is 0.253 e. The number of nitrogens with one attached hydrogen (secondary N) is 1. The summed E-state index contributed by atoms with van der Waals surface area (Å²) in [4.78, 5) is 35.5. The lowest BCUT2D eigenvalue weighted by atomic mass is 9.87. The molecule has 2 saturated heterocycles. The second-order valence-electron chi connectivity index (χ2n) is 14.1. The minimum absolute atomic E-state index is 0.0656. The Bertz CT molecular complexity index is 1680. The number of hydrogen-bond acceptors (Lipinski definition) is 5. The molecule has 2 aliphatic rings. The minimum atomic E-state index is 0.0656. The fourth-order valence-electron chi connectivity index (χ4n) is 7.55. The predicted molar refractivity (Wildman–Crippen MR) is 200 cm³/mol. The van der Waals surface area contributed by atoms with Crippen LogP contribution in [0.25, 0.3) is 11.1 Å². The summed E-state index contributed by atoms with van der Waals surface area (Å²) < 4.78 is 5.39. The third-order valence-corrected chi connectivity index (χ3v) is 10.6. The zero-order valence-electron chi connectivity index (χ0n) is 29.6. The predicted octanol–water partition coefficient (Wildman–Crippen LogP) is 7.59. The maximum atomic E-state index is 13.7. The van der Waals surface area contributed by atoms with Crippen molar-refractivity contribution in [3.63, 3.8) is 0 Å². The van der Waals surface area contributed by atoms with Gasteiger partial charge in [0.15, 0.2) is 0 Å². The molecule has 0 unspecified atom stereocenters. The van der Waals surface area contributed by atoms with Crippen LogP contribution in [0.2, 0.25) is 0 Å². The Balaban J connectivity index is 1.08. The van der Waals surface area contributed by atoms with Crippen LogP contribution in [0.15, 0.2) is 97.3 Å². The number of benzene rings is 3. The van der Waals surface area contributed by atoms with Gasteiger partial charge < -0.3 is 19.9 Å². The van der Waals surface area contributed by atoms with Crippen LogP contribution in [0.5, 0.6) is 5.75 Å². The van der Waals surface area contributed by atoms with Gasteiger partial charge in [-0.05, 0) is 127 Å². The van der Waals surface area contributed by atoms with Gasteiger partial charge in [-0.25, -0.2) is 0 Å². The van der Waals surface area contributed by atoms with Gasteiger partial charge in [-0.2, -0.15) is 0 Å². The van der Waals surface area contributed by atoms with E-state index in [0.717, 1.165) is 83.3 Å². The molecule has 262 valence electrons. The van der Waals surface area contributed by atoms with Crippen molar-refractivity contribution in [2.45, 2.75) is 64.3 Å². The van der Waals surface area contributed by atoms with E-state index < -0.39 is 0 Å². The highest BCUT2D eigenvalue weighted by Gasteiger charge is 2.24. The Morgan fingerprint density at radius 3 is 2.24 bits per heavy atom. The van der Waals surface area contributed by atoms with E-state index in [-0.39, 0.29) is 11.8 Å². The molecule has 0 bridgehead atoms. The van der Waals surface area contributed by atoms with Gasteiger partial charge in [0.1, 0.15) is 5.75 Å². The van der Waals surface area contributed by atoms with E-state index in [0.29, 0.717) is 19.5 Å². The smallest absolute Gasteiger partial charge is 0.253 e. The van der Waals surface area contributed by atoms with Crippen LogP contribution >= 0.6 is 0 Å². The Hall–Kier alpha value is -4.49. The summed E-state index contributed by atoms with van der Waals surface area (Å²) in [6.45, 7) is 5.13. The first-order valence-electron chi connectivity index (χ1n) is 18.5. The highest BCUT2D eigenvalue weighted by atomic mass is 16.5. The standard InChI is InChI=1S/C43H52N4O3/c1-50-41-13-4-8-36(29-41)30-42(48)47(27-20-35-16-23-45-24-17-35)32-37-9-3-10-38(28-37)39-11-5-12-40(31-39)43(49)46-25-18-34(19-26-46)7-2-6-33-14-21-44-22-15-33/h3-5,8-13,16-17,23-24,28-29,31,33-34,44H,2,6-7,14-15,18-22,25-27,30,32H2,1H3. The summed E-state index contributed by atoms with van der Waals surface area (Å²) in [6.07, 6.45) is 13.5. The van der Waals surface area contributed by atoms with Gasteiger partial charge in [-0.1, -0.05) is 61.7 Å². The SMILES string of the molecule is COc1cccc(CC(=O)N(CCc2ccncc2)Cc2cccc(-c3cccc(C(=O)N4CCC(CCCC5CCNCC5)CC4)c3)c2)c1. The number of rotatable bonds is 14. The molecular formula is C43H52N4O3. The Kier molecular flexibility index (Phi) is 12.7. The Morgan fingerprint density at radius 2 is 1.48 bits per heavy atom. The molecule has 2 fully saturated rings. The topological polar surface area (TPSA) is 74.8 Å². The molecule has 0 radical (unpaired) electrons. The molecule has 2 aliphatic heterocycles. The van der Waals surface area contributed by atoms with Crippen molar-refractivity contribution in [1.82, 2.24) is 20.1 Å². The van der Waals surface area contributed by atoms with Gasteiger partial charge >= 0.3 is 0 Å². The lowest BCUT2D eigenvalue weighted by molar-refractivity contribution is -0.131. The largest absolute Gasteiger partial charge is 0.497 e. The zero-order valence-corrected chi connectivity index (χ0v) is 29.6. The second kappa shape index (κ2) is 18.0. The molecule has 6 rings (SSSR count). The van der Waals surface area contributed by atoms with Crippen molar-refractivity contribution in [3.8, 4) is 16.9 Å². The van der Waals surface area contributed by atoms with E-state index in [1.807, 2.05) is 70.5 Å². The van der Waals surface area contributed by atoms with Crippen LogP contribution in [0.4, 0.5) is 0 Å². The molecule has 2 amide bonds. The van der Waals surface area contributed by atoms with Crippen molar-refractivity contribution in [3.05, 3.63) is 120 Å². The molecule has 1 N–H and O–H groups in total. The molecule has 3 heterocycles. The summed E-state index contributed by atoms with van der Waals surface area (Å²) >= 11 is 0. The van der Waals surface area contributed by atoms with E-state index in [2.05, 4.69) is 34.6 Å². The number of ether oxygens (including phenoxy) is 1. The zero-order chi connectivity index (χ0) is 34.5. The normalized spacial score (nSPS) is 15.5. The van der Waals surface area contributed by atoms with Gasteiger partial charge in [-0.15, -0.1) is 0 Å². The molecule has 1 aromatic heterocycles. The third-order valence-electron chi connectivity index (χ3n) is 10.6. The second-order valence-corrected chi connectivity index (χ2v) is 14.1. The first-order chi connectivity index (χ1) is 24.5. The van der Waals surface area contributed by atoms with E-state index in [4.69, 9.17) is 4.74 Å². The monoisotopic (exact) mass is 672 g/mol. The van der Waals surface area contributed by atoms with Crippen LogP contribution in [-0.4, -0.2) is 66.4 Å². The highest BCUT2D eigenvalue weighted by molar-refractivity contribution is 5.95. The van der Waals surface area contributed by atoms with E-state index in [1.165, 1.54) is 45.2 Å². The highest BCUT2D eigenvalue weighted by Crippen LogP contribution is 2.28. The maximum absolute atomic E-state index is 13.7. The molecule has 0 saturated carbocycles. The van der Waals surface area contributed by atoms with Gasteiger partial charge in [-0.3, -0.25) is 14.6 Å². The van der Waals surface area contributed by atoms with Crippen LogP contribution < -0.4 is 10.1 Å². The summed E-state index contributed by atoms with van der Waals surface area (Å²) in [7, 11) is 1.64. The lowest BCUT2D eigenvalue weighted by Crippen LogP contribution is -2.38. The van der Waals surface area contributed by atoms with E-state index in [1.54, 1.807) is 19.5 Å². The van der Waals surface area contributed by atoms with Gasteiger partial charge in [0.25, 0.3) is 5.91 Å². The minimum Gasteiger partial charge on any atom is -0.497 e. The summed E-state index contributed by atoms with van der Waals surface area (Å²) in [5.74, 6) is 2.57. The molecule has 4 aromatic rings. The number of likely N-dealkylation sites (tertiary alicyclic amines) is 1. The van der Waals surface area contributed by atoms with Crippen molar-refractivity contribution < 1.29 is 14.3 Å². The van der Waals surface area contributed by atoms with Gasteiger partial charge in [0.2, 0.25) is 5.91 Å². The molecule has 7 nitrogen and oxygen atoms in total. The Labute approximate surface area is 298 Å². The summed E-state index contributed by atoms with van der Waals surface area (Å²) in [5, 5.41) is 3.47. The number of methoxy groups -OCH3 is 1. The molecule has 0 spiro atoms. The number of pyridine rings is 1. The fraction of sp³-hybridized carbons (Fsp3) is 0.419. The van der Waals surface area contributed by atoms with Crippen LogP contribution in [0.3, 0.4) is 0 Å². The lowest BCUT2D eigenvalue weighted by Gasteiger charge is -2.32. The average molecular weight is 673 g/mol. The number of amides is 2. The number of nitrogens with zero attached hydrogens (tertiary/aromatic N) is 3. The van der Waals surface area contributed by atoms with Crippen LogP contribution in [-0.2, 0) is 24.2 Å². The van der Waals surface area contributed by atoms with Gasteiger partial charge in [0.05, 0.1) is 13.5 Å². The van der Waals surface area contributed by atoms with Crippen molar-refractivity contribution in [2.24, 2.45) is 11.8 Å². The first kappa shape index (κ1) is 35.3. The summed E-state index contributed by atoms with van der Waals surface area (Å²) in [5.41, 5.74) is 5.91. The van der Waals surface area contributed by atoms with Crippen molar-refractivity contribution in [1.29, 1.82) is 0 Å². The molecule has 3 aromatic carbocycles. The number of carbonyl (C=O) groups excluding carboxylic acids is 2. The molecule has 0 aliphatic carbocycles. The number of piperidine rings is 2. The molecular weight excluding hydrogens is 620 g/mol. The number of aromatic nitrogens is 1. The first-order valence-corrected chi connectivity index (χ1v) is 18.5. The van der Waals surface area contributed by atoms with Crippen molar-refractivity contribution in [2.75, 3.05) is 39.8 Å². The number of hydrogen-bond donors (Lipinski definition) is 1. The van der Waals surface area contributed by atoms with Crippen LogP contribution in [0.1, 0.15) is 72.0 Å². The van der Waals surface area contributed by atoms with Gasteiger partial charge in [0, 0.05) is 44.1 Å². The third kappa shape index (κ3) is 10.0. The van der Waals surface area contributed by atoms with Crippen LogP contribution in [0, 0.1) is 11.8 Å². The van der Waals surface area contributed by atoms with E-state index >= 15 is 0 Å². The molecule has 0 atom stereocenters.